The number of hydrogen-bond acceptors (Lipinski definition) is 2. The quantitative estimate of drug-likeness (QED) is 0.328. The van der Waals surface area contributed by atoms with Gasteiger partial charge in [0, 0.05) is 13.0 Å². The molecule has 0 aromatic heterocycles. The van der Waals surface area contributed by atoms with Crippen molar-refractivity contribution in [1.29, 1.82) is 0 Å². The van der Waals surface area contributed by atoms with Crippen LogP contribution in [0.25, 0.3) is 0 Å². The molecule has 0 saturated carbocycles. The van der Waals surface area contributed by atoms with E-state index in [1.54, 1.807) is 0 Å². The van der Waals surface area contributed by atoms with Crippen molar-refractivity contribution in [3.05, 3.63) is 0 Å². The second kappa shape index (κ2) is 6.60. The van der Waals surface area contributed by atoms with Gasteiger partial charge in [0.25, 0.3) is 0 Å². The Morgan fingerprint density at radius 1 is 1.50 bits per heavy atom. The minimum absolute atomic E-state index is 0.127. The SMILES string of the molecule is C#CCCO[C@@H](C)OCC. The molecule has 1 atom stereocenters. The van der Waals surface area contributed by atoms with Gasteiger partial charge in [0.15, 0.2) is 6.29 Å². The summed E-state index contributed by atoms with van der Waals surface area (Å²) in [4.78, 5) is 0. The van der Waals surface area contributed by atoms with Crippen LogP contribution in [0.1, 0.15) is 20.3 Å². The van der Waals surface area contributed by atoms with Gasteiger partial charge in [-0.1, -0.05) is 0 Å². The third-order valence-electron chi connectivity index (χ3n) is 1.00. The van der Waals surface area contributed by atoms with Crippen LogP contribution in [0.4, 0.5) is 0 Å². The van der Waals surface area contributed by atoms with Crippen LogP contribution in [0, 0.1) is 12.3 Å². The van der Waals surface area contributed by atoms with Gasteiger partial charge in [0.2, 0.25) is 0 Å². The van der Waals surface area contributed by atoms with Crippen LogP contribution >= 0.6 is 0 Å². The van der Waals surface area contributed by atoms with E-state index in [1.807, 2.05) is 13.8 Å². The van der Waals surface area contributed by atoms with E-state index in [9.17, 15) is 0 Å². The van der Waals surface area contributed by atoms with Crippen LogP contribution in [-0.4, -0.2) is 19.5 Å². The summed E-state index contributed by atoms with van der Waals surface area (Å²) in [6, 6.07) is 0. The van der Waals surface area contributed by atoms with E-state index in [4.69, 9.17) is 15.9 Å². The van der Waals surface area contributed by atoms with E-state index in [0.29, 0.717) is 19.6 Å². The maximum atomic E-state index is 5.16. The third-order valence-corrected chi connectivity index (χ3v) is 1.00. The van der Waals surface area contributed by atoms with E-state index in [-0.39, 0.29) is 6.29 Å². The fourth-order valence-corrected chi connectivity index (χ4v) is 0.567. The average Bonchev–Trinajstić information content (AvgIpc) is 1.89. The van der Waals surface area contributed by atoms with Crippen LogP contribution < -0.4 is 0 Å². The Kier molecular flexibility index (Phi) is 6.25. The first-order chi connectivity index (χ1) is 4.81. The summed E-state index contributed by atoms with van der Waals surface area (Å²) in [7, 11) is 0. The molecule has 0 radical (unpaired) electrons. The molecule has 0 saturated heterocycles. The maximum Gasteiger partial charge on any atom is 0.154 e. The van der Waals surface area contributed by atoms with Crippen molar-refractivity contribution in [2.75, 3.05) is 13.2 Å². The third kappa shape index (κ3) is 5.61. The molecular weight excluding hydrogens is 128 g/mol. The summed E-state index contributed by atoms with van der Waals surface area (Å²) in [5, 5.41) is 0. The highest BCUT2D eigenvalue weighted by Crippen LogP contribution is 1.93. The lowest BCUT2D eigenvalue weighted by molar-refractivity contribution is -0.125. The summed E-state index contributed by atoms with van der Waals surface area (Å²) in [6.45, 7) is 5.05. The maximum absolute atomic E-state index is 5.16. The predicted molar refractivity (Wildman–Crippen MR) is 40.5 cm³/mol. The predicted octanol–water partition coefficient (Wildman–Crippen LogP) is 1.41. The smallest absolute Gasteiger partial charge is 0.154 e. The minimum Gasteiger partial charge on any atom is -0.353 e. The molecule has 0 fully saturated rings. The molecule has 0 heterocycles. The molecule has 0 spiro atoms. The molecule has 0 rings (SSSR count). The fourth-order valence-electron chi connectivity index (χ4n) is 0.567. The molecule has 10 heavy (non-hydrogen) atoms. The largest absolute Gasteiger partial charge is 0.353 e. The number of terminal acetylenes is 1. The van der Waals surface area contributed by atoms with Gasteiger partial charge < -0.3 is 9.47 Å². The van der Waals surface area contributed by atoms with Crippen molar-refractivity contribution in [2.24, 2.45) is 0 Å². The monoisotopic (exact) mass is 142 g/mol. The van der Waals surface area contributed by atoms with Crippen molar-refractivity contribution >= 4 is 0 Å². The van der Waals surface area contributed by atoms with Gasteiger partial charge in [-0.25, -0.2) is 0 Å². The Morgan fingerprint density at radius 2 is 2.20 bits per heavy atom. The molecule has 0 aliphatic carbocycles. The van der Waals surface area contributed by atoms with Gasteiger partial charge >= 0.3 is 0 Å². The van der Waals surface area contributed by atoms with Crippen LogP contribution in [0.2, 0.25) is 0 Å². The zero-order valence-electron chi connectivity index (χ0n) is 6.59. The standard InChI is InChI=1S/C8H14O2/c1-4-6-7-10-8(3)9-5-2/h1,8H,5-7H2,2-3H3/t8-/m0/s1. The summed E-state index contributed by atoms with van der Waals surface area (Å²) in [5.41, 5.74) is 0. The summed E-state index contributed by atoms with van der Waals surface area (Å²) >= 11 is 0. The first-order valence-electron chi connectivity index (χ1n) is 3.48. The van der Waals surface area contributed by atoms with E-state index < -0.39 is 0 Å². The van der Waals surface area contributed by atoms with E-state index in [0.717, 1.165) is 0 Å². The van der Waals surface area contributed by atoms with Gasteiger partial charge in [0.05, 0.1) is 6.61 Å². The second-order valence-corrected chi connectivity index (χ2v) is 1.85. The van der Waals surface area contributed by atoms with Crippen molar-refractivity contribution in [3.8, 4) is 12.3 Å². The van der Waals surface area contributed by atoms with Gasteiger partial charge in [-0.05, 0) is 13.8 Å². The molecule has 0 aromatic carbocycles. The highest BCUT2D eigenvalue weighted by molar-refractivity contribution is 4.82. The first kappa shape index (κ1) is 9.48. The van der Waals surface area contributed by atoms with Gasteiger partial charge in [-0.3, -0.25) is 0 Å². The molecule has 58 valence electrons. The van der Waals surface area contributed by atoms with Crippen LogP contribution in [0.3, 0.4) is 0 Å². The van der Waals surface area contributed by atoms with E-state index in [1.165, 1.54) is 0 Å². The Hall–Kier alpha value is -0.520. The van der Waals surface area contributed by atoms with Crippen LogP contribution in [0.5, 0.6) is 0 Å². The Labute approximate surface area is 62.5 Å². The lowest BCUT2D eigenvalue weighted by Gasteiger charge is -2.10. The van der Waals surface area contributed by atoms with E-state index in [2.05, 4.69) is 5.92 Å². The average molecular weight is 142 g/mol. The topological polar surface area (TPSA) is 18.5 Å². The molecule has 2 heteroatoms. The molecule has 0 aliphatic rings. The van der Waals surface area contributed by atoms with Crippen LogP contribution in [0.15, 0.2) is 0 Å². The summed E-state index contributed by atoms with van der Waals surface area (Å²) in [6.07, 6.45) is 5.54. The van der Waals surface area contributed by atoms with Gasteiger partial charge in [0.1, 0.15) is 0 Å². The first-order valence-corrected chi connectivity index (χ1v) is 3.48. The lowest BCUT2D eigenvalue weighted by Crippen LogP contribution is -2.13. The van der Waals surface area contributed by atoms with Crippen molar-refractivity contribution in [1.82, 2.24) is 0 Å². The molecular formula is C8H14O2. The molecule has 0 amide bonds. The Balaban J connectivity index is 3.06. The fraction of sp³-hybridized carbons (Fsp3) is 0.750. The highest BCUT2D eigenvalue weighted by Gasteiger charge is 1.97. The van der Waals surface area contributed by atoms with Gasteiger partial charge in [-0.15, -0.1) is 12.3 Å². The van der Waals surface area contributed by atoms with E-state index >= 15 is 0 Å². The Morgan fingerprint density at radius 3 is 2.70 bits per heavy atom. The molecule has 2 nitrogen and oxygen atoms in total. The van der Waals surface area contributed by atoms with Crippen molar-refractivity contribution in [2.45, 2.75) is 26.6 Å². The number of hydrogen-bond donors (Lipinski definition) is 0. The molecule has 0 aromatic rings. The minimum atomic E-state index is -0.127. The summed E-state index contributed by atoms with van der Waals surface area (Å²) in [5.74, 6) is 2.48. The van der Waals surface area contributed by atoms with Crippen molar-refractivity contribution in [3.63, 3.8) is 0 Å². The Bertz CT molecular complexity index is 104. The van der Waals surface area contributed by atoms with Gasteiger partial charge in [-0.2, -0.15) is 0 Å². The molecule has 0 bridgehead atoms. The highest BCUT2D eigenvalue weighted by atomic mass is 16.7. The normalized spacial score (nSPS) is 12.5. The number of ether oxygens (including phenoxy) is 2. The van der Waals surface area contributed by atoms with Crippen molar-refractivity contribution < 1.29 is 9.47 Å². The zero-order chi connectivity index (χ0) is 7.82. The molecule has 0 N–H and O–H groups in total. The zero-order valence-corrected chi connectivity index (χ0v) is 6.59. The lowest BCUT2D eigenvalue weighted by atomic mass is 10.5. The molecule has 0 unspecified atom stereocenters. The molecule has 0 aliphatic heterocycles. The van der Waals surface area contributed by atoms with Crippen LogP contribution in [-0.2, 0) is 9.47 Å². The summed E-state index contributed by atoms with van der Waals surface area (Å²) < 4.78 is 10.3. The second-order valence-electron chi connectivity index (χ2n) is 1.85. The number of rotatable bonds is 5.